The van der Waals surface area contributed by atoms with Gasteiger partial charge in [0.15, 0.2) is 0 Å². The molecule has 0 saturated heterocycles. The van der Waals surface area contributed by atoms with Gasteiger partial charge in [0, 0.05) is 34.9 Å². The number of nitrogens with one attached hydrogen (secondary N) is 1. The molecule has 0 saturated carbocycles. The van der Waals surface area contributed by atoms with Gasteiger partial charge in [-0.2, -0.15) is 19.6 Å². The predicted octanol–water partition coefficient (Wildman–Crippen LogP) is 0.957. The standard InChI is InChI=1S/C9H12ClN5OS/c1-6(17(2)16)4-11-8-3-7(10)14-9-12-5-13-15(8)9/h3,5-6,11H,4H2,1-2H3. The third-order valence-electron chi connectivity index (χ3n) is 2.36. The summed E-state index contributed by atoms with van der Waals surface area (Å²) in [7, 11) is -0.870. The molecule has 2 unspecified atom stereocenters. The Kier molecular flexibility index (Phi) is 3.58. The molecule has 1 N–H and O–H groups in total. The van der Waals surface area contributed by atoms with Crippen LogP contribution >= 0.6 is 11.6 Å². The third-order valence-corrected chi connectivity index (χ3v) is 3.85. The lowest BCUT2D eigenvalue weighted by molar-refractivity contribution is 0.678. The Bertz CT molecular complexity index is 557. The second-order valence-electron chi connectivity index (χ2n) is 3.63. The monoisotopic (exact) mass is 273 g/mol. The van der Waals surface area contributed by atoms with Crippen LogP contribution in [0.25, 0.3) is 5.78 Å². The number of hydrogen-bond donors (Lipinski definition) is 1. The summed E-state index contributed by atoms with van der Waals surface area (Å²) in [6.45, 7) is 2.48. The second kappa shape index (κ2) is 4.97. The van der Waals surface area contributed by atoms with E-state index < -0.39 is 10.8 Å². The van der Waals surface area contributed by atoms with E-state index in [2.05, 4.69) is 20.4 Å². The van der Waals surface area contributed by atoms with Crippen molar-refractivity contribution in [3.8, 4) is 0 Å². The normalized spacial score (nSPS) is 14.8. The Balaban J connectivity index is 2.23. The van der Waals surface area contributed by atoms with Gasteiger partial charge in [0.05, 0.1) is 0 Å². The molecule has 0 aliphatic heterocycles. The maximum atomic E-state index is 11.2. The van der Waals surface area contributed by atoms with Crippen LogP contribution < -0.4 is 5.32 Å². The smallest absolute Gasteiger partial charge is 0.255 e. The molecule has 0 bridgehead atoms. The number of halogens is 1. The summed E-state index contributed by atoms with van der Waals surface area (Å²) in [5, 5.41) is 7.56. The summed E-state index contributed by atoms with van der Waals surface area (Å²) in [6.07, 6.45) is 3.09. The number of aromatic nitrogens is 4. The third kappa shape index (κ3) is 2.73. The van der Waals surface area contributed by atoms with Gasteiger partial charge in [-0.3, -0.25) is 4.21 Å². The van der Waals surface area contributed by atoms with Gasteiger partial charge in [-0.15, -0.1) is 0 Å². The van der Waals surface area contributed by atoms with Crippen molar-refractivity contribution < 1.29 is 4.21 Å². The molecule has 2 atom stereocenters. The number of rotatable bonds is 4. The number of anilines is 1. The van der Waals surface area contributed by atoms with E-state index in [0.717, 1.165) is 0 Å². The van der Waals surface area contributed by atoms with Crippen LogP contribution in [-0.4, -0.2) is 41.8 Å². The topological polar surface area (TPSA) is 72.2 Å². The van der Waals surface area contributed by atoms with E-state index in [1.165, 1.54) is 6.33 Å². The van der Waals surface area contributed by atoms with Crippen molar-refractivity contribution in [3.05, 3.63) is 17.5 Å². The van der Waals surface area contributed by atoms with E-state index in [4.69, 9.17) is 11.6 Å². The van der Waals surface area contributed by atoms with Crippen molar-refractivity contribution in [2.24, 2.45) is 0 Å². The highest BCUT2D eigenvalue weighted by Gasteiger charge is 2.09. The summed E-state index contributed by atoms with van der Waals surface area (Å²) in [6, 6.07) is 1.66. The van der Waals surface area contributed by atoms with Crippen LogP contribution in [0.2, 0.25) is 5.15 Å². The number of hydrogen-bond acceptors (Lipinski definition) is 5. The van der Waals surface area contributed by atoms with E-state index in [9.17, 15) is 4.21 Å². The molecule has 2 aromatic heterocycles. The Morgan fingerprint density at radius 1 is 1.65 bits per heavy atom. The molecule has 0 aromatic carbocycles. The Morgan fingerprint density at radius 2 is 2.41 bits per heavy atom. The first-order valence-electron chi connectivity index (χ1n) is 5.00. The van der Waals surface area contributed by atoms with Gasteiger partial charge < -0.3 is 5.32 Å². The lowest BCUT2D eigenvalue weighted by Gasteiger charge is -2.11. The molecular weight excluding hydrogens is 262 g/mol. The quantitative estimate of drug-likeness (QED) is 0.840. The molecule has 2 heterocycles. The molecule has 0 aliphatic carbocycles. The van der Waals surface area contributed by atoms with Gasteiger partial charge in [0.25, 0.3) is 5.78 Å². The molecule has 0 radical (unpaired) electrons. The Labute approximate surface area is 106 Å². The molecular formula is C9H12ClN5OS. The van der Waals surface area contributed by atoms with Gasteiger partial charge in [0.2, 0.25) is 0 Å². The molecule has 92 valence electrons. The summed E-state index contributed by atoms with van der Waals surface area (Å²) in [5.74, 6) is 1.13. The zero-order valence-electron chi connectivity index (χ0n) is 9.42. The summed E-state index contributed by atoms with van der Waals surface area (Å²) in [4.78, 5) is 7.97. The highest BCUT2D eigenvalue weighted by molar-refractivity contribution is 7.84. The summed E-state index contributed by atoms with van der Waals surface area (Å²) < 4.78 is 12.8. The van der Waals surface area contributed by atoms with Crippen molar-refractivity contribution in [2.45, 2.75) is 12.2 Å². The minimum absolute atomic E-state index is 0.0421. The van der Waals surface area contributed by atoms with E-state index in [0.29, 0.717) is 23.3 Å². The molecule has 2 aromatic rings. The molecule has 0 aliphatic rings. The van der Waals surface area contributed by atoms with Gasteiger partial charge in [0.1, 0.15) is 17.3 Å². The van der Waals surface area contributed by atoms with Crippen LogP contribution in [0.4, 0.5) is 5.82 Å². The van der Waals surface area contributed by atoms with Crippen LogP contribution in [0.3, 0.4) is 0 Å². The van der Waals surface area contributed by atoms with E-state index in [1.54, 1.807) is 16.8 Å². The van der Waals surface area contributed by atoms with E-state index >= 15 is 0 Å². The second-order valence-corrected chi connectivity index (χ2v) is 5.82. The summed E-state index contributed by atoms with van der Waals surface area (Å²) >= 11 is 5.87. The Morgan fingerprint density at radius 3 is 3.12 bits per heavy atom. The first-order chi connectivity index (χ1) is 8.08. The van der Waals surface area contributed by atoms with Crippen LogP contribution in [0.5, 0.6) is 0 Å². The molecule has 0 fully saturated rings. The van der Waals surface area contributed by atoms with Crippen molar-refractivity contribution >= 4 is 34.0 Å². The van der Waals surface area contributed by atoms with Crippen LogP contribution in [0.1, 0.15) is 6.92 Å². The summed E-state index contributed by atoms with van der Waals surface area (Å²) in [5.41, 5.74) is 0. The highest BCUT2D eigenvalue weighted by atomic mass is 35.5. The van der Waals surface area contributed by atoms with E-state index in [-0.39, 0.29) is 5.25 Å². The minimum Gasteiger partial charge on any atom is -0.369 e. The molecule has 0 amide bonds. The molecule has 17 heavy (non-hydrogen) atoms. The highest BCUT2D eigenvalue weighted by Crippen LogP contribution is 2.14. The lowest BCUT2D eigenvalue weighted by Crippen LogP contribution is -2.21. The average molecular weight is 274 g/mol. The Hall–Kier alpha value is -1.21. The van der Waals surface area contributed by atoms with Crippen molar-refractivity contribution in [2.75, 3.05) is 18.1 Å². The van der Waals surface area contributed by atoms with Crippen molar-refractivity contribution in [3.63, 3.8) is 0 Å². The van der Waals surface area contributed by atoms with E-state index in [1.807, 2.05) is 6.92 Å². The largest absolute Gasteiger partial charge is 0.369 e. The maximum Gasteiger partial charge on any atom is 0.255 e. The first-order valence-corrected chi connectivity index (χ1v) is 7.00. The molecule has 6 nitrogen and oxygen atoms in total. The van der Waals surface area contributed by atoms with Crippen molar-refractivity contribution in [1.82, 2.24) is 19.6 Å². The van der Waals surface area contributed by atoms with Crippen LogP contribution in [0, 0.1) is 0 Å². The molecule has 8 heteroatoms. The van der Waals surface area contributed by atoms with Gasteiger partial charge in [-0.1, -0.05) is 11.6 Å². The van der Waals surface area contributed by atoms with Crippen LogP contribution in [0.15, 0.2) is 12.4 Å². The number of fused-ring (bicyclic) bond motifs is 1. The fraction of sp³-hybridized carbons (Fsp3) is 0.444. The maximum absolute atomic E-state index is 11.2. The predicted molar refractivity (Wildman–Crippen MR) is 67.8 cm³/mol. The fourth-order valence-electron chi connectivity index (χ4n) is 1.27. The number of nitrogens with zero attached hydrogens (tertiary/aromatic N) is 4. The molecule has 2 rings (SSSR count). The van der Waals surface area contributed by atoms with Gasteiger partial charge in [-0.05, 0) is 6.92 Å². The van der Waals surface area contributed by atoms with Crippen LogP contribution in [-0.2, 0) is 10.8 Å². The molecule has 0 spiro atoms. The van der Waals surface area contributed by atoms with Crippen molar-refractivity contribution in [1.29, 1.82) is 0 Å². The zero-order chi connectivity index (χ0) is 12.4. The zero-order valence-corrected chi connectivity index (χ0v) is 11.0. The lowest BCUT2D eigenvalue weighted by atomic mass is 10.4. The average Bonchev–Trinajstić information content (AvgIpc) is 2.72. The van der Waals surface area contributed by atoms with Gasteiger partial charge >= 0.3 is 0 Å². The minimum atomic E-state index is -0.870. The van der Waals surface area contributed by atoms with Gasteiger partial charge in [-0.25, -0.2) is 0 Å². The SMILES string of the molecule is CC(CNc1cc(Cl)nc2ncnn12)S(C)=O. The first kappa shape index (κ1) is 12.3. The fourth-order valence-corrected chi connectivity index (χ4v) is 1.77.